The zero-order valence-electron chi connectivity index (χ0n) is 16.7. The van der Waals surface area contributed by atoms with E-state index in [1.165, 1.54) is 16.4 Å². The molecule has 12 heteroatoms. The number of sulfonamides is 1. The normalized spacial score (nSPS) is 18.8. The standard InChI is InChI=1S/C18H24N6O5S/c1-14-19-18(29-20-14)13-21-8-10-22(11-9-21)16-5-4-15(24(25)26)12-17(16)30(27,28)23-6-2-3-7-23/h4-5,12H,2-3,6-11,13H2,1H3. The van der Waals surface area contributed by atoms with Crippen molar-refractivity contribution in [2.24, 2.45) is 0 Å². The van der Waals surface area contributed by atoms with Crippen LogP contribution in [0, 0.1) is 17.0 Å². The molecule has 4 rings (SSSR count). The third kappa shape index (κ3) is 4.16. The second-order valence-electron chi connectivity index (χ2n) is 7.52. The summed E-state index contributed by atoms with van der Waals surface area (Å²) < 4.78 is 33.0. The van der Waals surface area contributed by atoms with Crippen LogP contribution in [0.15, 0.2) is 27.6 Å². The van der Waals surface area contributed by atoms with E-state index in [2.05, 4.69) is 15.0 Å². The molecule has 0 bridgehead atoms. The molecule has 2 fully saturated rings. The van der Waals surface area contributed by atoms with Crippen molar-refractivity contribution in [2.75, 3.05) is 44.2 Å². The Kier molecular flexibility index (Phi) is 5.71. The average Bonchev–Trinajstić information content (AvgIpc) is 3.40. The summed E-state index contributed by atoms with van der Waals surface area (Å²) in [6.45, 7) is 5.74. The summed E-state index contributed by atoms with van der Waals surface area (Å²) >= 11 is 0. The molecule has 2 aliphatic heterocycles. The molecule has 0 N–H and O–H groups in total. The van der Waals surface area contributed by atoms with Crippen LogP contribution in [0.25, 0.3) is 0 Å². The zero-order chi connectivity index (χ0) is 21.3. The number of hydrogen-bond acceptors (Lipinski definition) is 9. The molecule has 162 valence electrons. The average molecular weight is 436 g/mol. The fraction of sp³-hybridized carbons (Fsp3) is 0.556. The fourth-order valence-electron chi connectivity index (χ4n) is 3.89. The van der Waals surface area contributed by atoms with Gasteiger partial charge in [0.1, 0.15) is 4.90 Å². The van der Waals surface area contributed by atoms with Gasteiger partial charge in [-0.3, -0.25) is 15.0 Å². The Morgan fingerprint density at radius 2 is 1.83 bits per heavy atom. The molecule has 30 heavy (non-hydrogen) atoms. The third-order valence-corrected chi connectivity index (χ3v) is 7.41. The van der Waals surface area contributed by atoms with Gasteiger partial charge in [-0.05, 0) is 25.8 Å². The van der Waals surface area contributed by atoms with Crippen LogP contribution < -0.4 is 4.90 Å². The van der Waals surface area contributed by atoms with Gasteiger partial charge in [0.2, 0.25) is 15.9 Å². The molecular formula is C18H24N6O5S. The van der Waals surface area contributed by atoms with Crippen LogP contribution in [0.4, 0.5) is 11.4 Å². The maximum Gasteiger partial charge on any atom is 0.270 e. The quantitative estimate of drug-likeness (QED) is 0.488. The third-order valence-electron chi connectivity index (χ3n) is 5.48. The summed E-state index contributed by atoms with van der Waals surface area (Å²) in [6, 6.07) is 4.11. The van der Waals surface area contributed by atoms with Gasteiger partial charge in [0.15, 0.2) is 5.82 Å². The highest BCUT2D eigenvalue weighted by atomic mass is 32.2. The minimum absolute atomic E-state index is 0.0135. The minimum atomic E-state index is -3.79. The first-order chi connectivity index (χ1) is 14.3. The van der Waals surface area contributed by atoms with Gasteiger partial charge in [-0.15, -0.1) is 0 Å². The van der Waals surface area contributed by atoms with Gasteiger partial charge in [-0.1, -0.05) is 5.16 Å². The summed E-state index contributed by atoms with van der Waals surface area (Å²) in [4.78, 5) is 19.1. The van der Waals surface area contributed by atoms with Crippen LogP contribution in [-0.2, 0) is 16.6 Å². The Labute approximate surface area is 174 Å². The van der Waals surface area contributed by atoms with Gasteiger partial charge in [-0.2, -0.15) is 9.29 Å². The first-order valence-corrected chi connectivity index (χ1v) is 11.3. The van der Waals surface area contributed by atoms with Gasteiger partial charge < -0.3 is 9.42 Å². The molecule has 0 radical (unpaired) electrons. The topological polar surface area (TPSA) is 126 Å². The van der Waals surface area contributed by atoms with Crippen LogP contribution in [0.5, 0.6) is 0 Å². The number of benzene rings is 1. The van der Waals surface area contributed by atoms with Gasteiger partial charge in [-0.25, -0.2) is 8.42 Å². The number of nitrogens with zero attached hydrogens (tertiary/aromatic N) is 6. The molecule has 2 aliphatic rings. The Hall–Kier alpha value is -2.57. The predicted molar refractivity (Wildman–Crippen MR) is 108 cm³/mol. The molecule has 1 aromatic heterocycles. The Morgan fingerprint density at radius 3 is 2.43 bits per heavy atom. The van der Waals surface area contributed by atoms with E-state index in [-0.39, 0.29) is 10.6 Å². The van der Waals surface area contributed by atoms with Crippen molar-refractivity contribution in [3.8, 4) is 0 Å². The van der Waals surface area contributed by atoms with E-state index in [1.54, 1.807) is 13.0 Å². The zero-order valence-corrected chi connectivity index (χ0v) is 17.5. The van der Waals surface area contributed by atoms with E-state index >= 15 is 0 Å². The van der Waals surface area contributed by atoms with E-state index < -0.39 is 14.9 Å². The maximum absolute atomic E-state index is 13.2. The number of anilines is 1. The van der Waals surface area contributed by atoms with Crippen molar-refractivity contribution in [1.82, 2.24) is 19.3 Å². The number of aromatic nitrogens is 2. The van der Waals surface area contributed by atoms with Crippen LogP contribution in [-0.4, -0.2) is 72.0 Å². The Bertz CT molecular complexity index is 1030. The lowest BCUT2D eigenvalue weighted by atomic mass is 10.2. The Morgan fingerprint density at radius 1 is 1.13 bits per heavy atom. The van der Waals surface area contributed by atoms with Gasteiger partial charge in [0.25, 0.3) is 5.69 Å². The van der Waals surface area contributed by atoms with Crippen molar-refractivity contribution in [3.63, 3.8) is 0 Å². The smallest absolute Gasteiger partial charge is 0.270 e. The summed E-state index contributed by atoms with van der Waals surface area (Å²) in [5.74, 6) is 1.14. The largest absolute Gasteiger partial charge is 0.368 e. The molecule has 0 atom stereocenters. The number of hydrogen-bond donors (Lipinski definition) is 0. The van der Waals surface area contributed by atoms with Gasteiger partial charge >= 0.3 is 0 Å². The van der Waals surface area contributed by atoms with Gasteiger partial charge in [0, 0.05) is 51.4 Å². The van der Waals surface area contributed by atoms with Crippen LogP contribution in [0.1, 0.15) is 24.6 Å². The highest BCUT2D eigenvalue weighted by molar-refractivity contribution is 7.89. The molecular weight excluding hydrogens is 412 g/mol. The highest BCUT2D eigenvalue weighted by Crippen LogP contribution is 2.33. The minimum Gasteiger partial charge on any atom is -0.368 e. The highest BCUT2D eigenvalue weighted by Gasteiger charge is 2.33. The Balaban J connectivity index is 1.55. The fourth-order valence-corrected chi connectivity index (χ4v) is 5.64. The van der Waals surface area contributed by atoms with Crippen molar-refractivity contribution in [2.45, 2.75) is 31.2 Å². The van der Waals surface area contributed by atoms with Crippen molar-refractivity contribution >= 4 is 21.4 Å². The molecule has 0 spiro atoms. The second-order valence-corrected chi connectivity index (χ2v) is 9.43. The van der Waals surface area contributed by atoms with E-state index in [4.69, 9.17) is 4.52 Å². The molecule has 3 heterocycles. The van der Waals surface area contributed by atoms with E-state index in [9.17, 15) is 18.5 Å². The monoisotopic (exact) mass is 436 g/mol. The molecule has 2 aromatic rings. The molecule has 2 saturated heterocycles. The van der Waals surface area contributed by atoms with Crippen molar-refractivity contribution < 1.29 is 17.9 Å². The van der Waals surface area contributed by atoms with E-state index in [0.29, 0.717) is 63.2 Å². The maximum atomic E-state index is 13.2. The summed E-state index contributed by atoms with van der Waals surface area (Å²) in [7, 11) is -3.79. The predicted octanol–water partition coefficient (Wildman–Crippen LogP) is 1.39. The lowest BCUT2D eigenvalue weighted by Gasteiger charge is -2.36. The molecule has 11 nitrogen and oxygen atoms in total. The molecule has 0 amide bonds. The lowest BCUT2D eigenvalue weighted by Crippen LogP contribution is -2.46. The number of aryl methyl sites for hydroxylation is 1. The number of piperazine rings is 1. The second kappa shape index (κ2) is 8.28. The molecule has 0 unspecified atom stereocenters. The molecule has 0 saturated carbocycles. The first kappa shape index (κ1) is 20.7. The first-order valence-electron chi connectivity index (χ1n) is 9.90. The molecule has 0 aliphatic carbocycles. The van der Waals surface area contributed by atoms with E-state index in [0.717, 1.165) is 12.8 Å². The summed E-state index contributed by atoms with van der Waals surface area (Å²) in [5.41, 5.74) is 0.294. The number of nitro benzene ring substituents is 1. The number of rotatable bonds is 6. The van der Waals surface area contributed by atoms with Crippen molar-refractivity contribution in [3.05, 3.63) is 40.0 Å². The number of nitro groups is 1. The van der Waals surface area contributed by atoms with E-state index in [1.807, 2.05) is 4.90 Å². The number of non-ortho nitro benzene ring substituents is 1. The van der Waals surface area contributed by atoms with Crippen molar-refractivity contribution in [1.29, 1.82) is 0 Å². The summed E-state index contributed by atoms with van der Waals surface area (Å²) in [6.07, 6.45) is 1.61. The van der Waals surface area contributed by atoms with Crippen LogP contribution in [0.3, 0.4) is 0 Å². The summed E-state index contributed by atoms with van der Waals surface area (Å²) in [5, 5.41) is 15.1. The lowest BCUT2D eigenvalue weighted by molar-refractivity contribution is -0.385. The van der Waals surface area contributed by atoms with Crippen LogP contribution >= 0.6 is 0 Å². The SMILES string of the molecule is Cc1noc(CN2CCN(c3ccc([N+](=O)[O-])cc3S(=O)(=O)N3CCCC3)CC2)n1. The molecule has 1 aromatic carbocycles. The van der Waals surface area contributed by atoms with Crippen LogP contribution in [0.2, 0.25) is 0 Å². The van der Waals surface area contributed by atoms with Gasteiger partial charge in [0.05, 0.1) is 17.2 Å².